The first-order valence-corrected chi connectivity index (χ1v) is 9.53. The minimum Gasteiger partial charge on any atom is -0.379 e. The normalized spacial score (nSPS) is 17.2. The molecule has 1 aliphatic rings. The fraction of sp³-hybridized carbons (Fsp3) is 0.692. The molecule has 2 heterocycles. The van der Waals surface area contributed by atoms with Crippen molar-refractivity contribution in [3.8, 4) is 0 Å². The van der Waals surface area contributed by atoms with Gasteiger partial charge in [-0.2, -0.15) is 0 Å². The summed E-state index contributed by atoms with van der Waals surface area (Å²) < 4.78 is 30.5. The summed E-state index contributed by atoms with van der Waals surface area (Å²) in [6.07, 6.45) is 1.03. The molecule has 0 saturated carbocycles. The van der Waals surface area contributed by atoms with Crippen LogP contribution in [0.4, 0.5) is 0 Å². The molecule has 120 valence electrons. The number of hydrogen-bond donors (Lipinski definition) is 2. The van der Waals surface area contributed by atoms with Crippen molar-refractivity contribution in [3.05, 3.63) is 15.8 Å². The minimum atomic E-state index is -3.52. The van der Waals surface area contributed by atoms with Gasteiger partial charge in [-0.3, -0.25) is 0 Å². The van der Waals surface area contributed by atoms with Gasteiger partial charge in [0.15, 0.2) is 0 Å². The van der Waals surface area contributed by atoms with E-state index in [4.69, 9.17) is 4.74 Å². The lowest BCUT2D eigenvalue weighted by Crippen LogP contribution is -2.48. The Bertz CT molecular complexity index is 551. The van der Waals surface area contributed by atoms with Crippen LogP contribution in [0.15, 0.2) is 10.3 Å². The van der Waals surface area contributed by atoms with Gasteiger partial charge in [-0.05, 0) is 30.8 Å². The summed E-state index contributed by atoms with van der Waals surface area (Å²) in [6.45, 7) is 7.65. The summed E-state index contributed by atoms with van der Waals surface area (Å²) in [6, 6.07) is 0. The molecule has 0 radical (unpaired) electrons. The number of aryl methyl sites for hydroxylation is 1. The number of nitrogens with one attached hydrogen (secondary N) is 2. The zero-order valence-electron chi connectivity index (χ0n) is 12.5. The van der Waals surface area contributed by atoms with Gasteiger partial charge in [0, 0.05) is 24.5 Å². The Morgan fingerprint density at radius 2 is 2.10 bits per heavy atom. The van der Waals surface area contributed by atoms with Crippen molar-refractivity contribution in [1.29, 1.82) is 0 Å². The van der Waals surface area contributed by atoms with Gasteiger partial charge in [-0.25, -0.2) is 13.4 Å². The Morgan fingerprint density at radius 1 is 1.38 bits per heavy atom. The van der Waals surface area contributed by atoms with Crippen LogP contribution in [0.1, 0.15) is 23.8 Å². The first-order valence-electron chi connectivity index (χ1n) is 7.17. The average molecular weight is 333 g/mol. The molecule has 1 aromatic heterocycles. The first kappa shape index (κ1) is 16.9. The van der Waals surface area contributed by atoms with Crippen LogP contribution in [-0.4, -0.2) is 46.3 Å². The maximum atomic E-state index is 12.6. The highest BCUT2D eigenvalue weighted by molar-refractivity contribution is 7.89. The molecule has 1 saturated heterocycles. The quantitative estimate of drug-likeness (QED) is 0.731. The van der Waals surface area contributed by atoms with Crippen molar-refractivity contribution in [3.63, 3.8) is 0 Å². The Balaban J connectivity index is 2.12. The van der Waals surface area contributed by atoms with Crippen LogP contribution in [0.5, 0.6) is 0 Å². The number of morpholine rings is 1. The van der Waals surface area contributed by atoms with Crippen LogP contribution >= 0.6 is 11.3 Å². The number of ether oxygens (including phenoxy) is 1. The molecule has 2 N–H and O–H groups in total. The number of hydrogen-bond acceptors (Lipinski definition) is 6. The van der Waals surface area contributed by atoms with E-state index in [1.165, 1.54) is 11.3 Å². The molecule has 0 spiro atoms. The predicted octanol–water partition coefficient (Wildman–Crippen LogP) is 1.08. The van der Waals surface area contributed by atoms with Crippen LogP contribution in [0.2, 0.25) is 0 Å². The van der Waals surface area contributed by atoms with E-state index >= 15 is 0 Å². The molecule has 0 atom stereocenters. The molecule has 1 fully saturated rings. The number of rotatable bonds is 7. The number of sulfonamides is 1. The minimum absolute atomic E-state index is 0.419. The number of nitrogens with zero attached hydrogens (tertiary/aromatic N) is 1. The fourth-order valence-electron chi connectivity index (χ4n) is 2.22. The molecule has 1 aliphatic heterocycles. The van der Waals surface area contributed by atoms with E-state index in [0.29, 0.717) is 37.7 Å². The standard InChI is InChI=1S/C13H23N3O3S2/c1-3-4-14-9-12-13(11(2)10-20-12)21(17,18)15-16-5-7-19-8-6-16/h10,14-15H,3-9H2,1-2H3. The Labute approximate surface area is 130 Å². The maximum Gasteiger partial charge on any atom is 0.254 e. The van der Waals surface area contributed by atoms with Crippen molar-refractivity contribution < 1.29 is 13.2 Å². The topological polar surface area (TPSA) is 70.7 Å². The van der Waals surface area contributed by atoms with Crippen molar-refractivity contribution >= 4 is 21.4 Å². The number of hydrazine groups is 1. The van der Waals surface area contributed by atoms with Gasteiger partial charge in [0.25, 0.3) is 10.0 Å². The van der Waals surface area contributed by atoms with E-state index in [9.17, 15) is 8.42 Å². The van der Waals surface area contributed by atoms with Gasteiger partial charge in [-0.1, -0.05) is 6.92 Å². The Morgan fingerprint density at radius 3 is 2.76 bits per heavy atom. The second-order valence-corrected chi connectivity index (χ2v) is 7.60. The summed E-state index contributed by atoms with van der Waals surface area (Å²) in [5.41, 5.74) is 0.800. The van der Waals surface area contributed by atoms with Crippen LogP contribution in [0.25, 0.3) is 0 Å². The highest BCUT2D eigenvalue weighted by Crippen LogP contribution is 2.26. The predicted molar refractivity (Wildman–Crippen MR) is 83.8 cm³/mol. The molecular formula is C13H23N3O3S2. The summed E-state index contributed by atoms with van der Waals surface area (Å²) >= 11 is 1.49. The summed E-state index contributed by atoms with van der Waals surface area (Å²) in [5, 5.41) is 6.87. The summed E-state index contributed by atoms with van der Waals surface area (Å²) in [4.78, 5) is 3.96. The highest BCUT2D eigenvalue weighted by atomic mass is 32.2. The highest BCUT2D eigenvalue weighted by Gasteiger charge is 2.25. The van der Waals surface area contributed by atoms with Gasteiger partial charge in [0.05, 0.1) is 13.2 Å². The molecule has 0 unspecified atom stereocenters. The molecule has 6 nitrogen and oxygen atoms in total. The second kappa shape index (κ2) is 7.66. The van der Waals surface area contributed by atoms with Crippen LogP contribution in [-0.2, 0) is 21.3 Å². The van der Waals surface area contributed by atoms with Crippen LogP contribution in [0, 0.1) is 6.92 Å². The third-order valence-corrected chi connectivity index (χ3v) is 6.07. The maximum absolute atomic E-state index is 12.6. The van der Waals surface area contributed by atoms with Crippen molar-refractivity contribution in [2.45, 2.75) is 31.7 Å². The Kier molecular flexibility index (Phi) is 6.15. The molecule has 1 aromatic rings. The molecule has 21 heavy (non-hydrogen) atoms. The van der Waals surface area contributed by atoms with Gasteiger partial charge in [0.2, 0.25) is 0 Å². The first-order chi connectivity index (χ1) is 10.0. The molecule has 8 heteroatoms. The molecule has 0 aliphatic carbocycles. The lowest BCUT2D eigenvalue weighted by atomic mass is 10.3. The smallest absolute Gasteiger partial charge is 0.254 e. The van der Waals surface area contributed by atoms with Crippen molar-refractivity contribution in [1.82, 2.24) is 15.2 Å². The Hall–Kier alpha value is -0.510. The lowest BCUT2D eigenvalue weighted by molar-refractivity contribution is 0.0272. The van der Waals surface area contributed by atoms with Gasteiger partial charge in [-0.15, -0.1) is 16.2 Å². The van der Waals surface area contributed by atoms with Crippen LogP contribution in [0.3, 0.4) is 0 Å². The molecule has 0 bridgehead atoms. The van der Waals surface area contributed by atoms with Crippen molar-refractivity contribution in [2.75, 3.05) is 32.8 Å². The van der Waals surface area contributed by atoms with Gasteiger partial charge >= 0.3 is 0 Å². The molecule has 0 aromatic carbocycles. The summed E-state index contributed by atoms with van der Waals surface area (Å²) in [7, 11) is -3.52. The van der Waals surface area contributed by atoms with E-state index in [2.05, 4.69) is 17.1 Å². The van der Waals surface area contributed by atoms with E-state index in [-0.39, 0.29) is 0 Å². The average Bonchev–Trinajstić information content (AvgIpc) is 2.82. The number of thiophene rings is 1. The lowest BCUT2D eigenvalue weighted by Gasteiger charge is -2.27. The zero-order valence-corrected chi connectivity index (χ0v) is 14.1. The van der Waals surface area contributed by atoms with E-state index < -0.39 is 10.0 Å². The molecular weight excluding hydrogens is 310 g/mol. The van der Waals surface area contributed by atoms with Gasteiger partial charge < -0.3 is 10.1 Å². The van der Waals surface area contributed by atoms with E-state index in [1.54, 1.807) is 5.01 Å². The monoisotopic (exact) mass is 333 g/mol. The van der Waals surface area contributed by atoms with Crippen LogP contribution < -0.4 is 10.1 Å². The van der Waals surface area contributed by atoms with E-state index in [0.717, 1.165) is 23.4 Å². The fourth-order valence-corrected chi connectivity index (χ4v) is 5.13. The molecule has 2 rings (SSSR count). The third kappa shape index (κ3) is 4.48. The van der Waals surface area contributed by atoms with Gasteiger partial charge in [0.1, 0.15) is 4.90 Å². The summed E-state index contributed by atoms with van der Waals surface area (Å²) in [5.74, 6) is 0. The van der Waals surface area contributed by atoms with E-state index in [1.807, 2.05) is 12.3 Å². The van der Waals surface area contributed by atoms with Crippen molar-refractivity contribution in [2.24, 2.45) is 0 Å². The largest absolute Gasteiger partial charge is 0.379 e. The zero-order chi connectivity index (χ0) is 15.3. The SMILES string of the molecule is CCCNCc1scc(C)c1S(=O)(=O)NN1CCOCC1. The second-order valence-electron chi connectivity index (χ2n) is 5.04. The molecule has 0 amide bonds. The third-order valence-electron chi connectivity index (χ3n) is 3.23.